The lowest BCUT2D eigenvalue weighted by Crippen LogP contribution is -2.16. The Morgan fingerprint density at radius 3 is 2.15 bits per heavy atom. The molecule has 2 rings (SSSR count). The smallest absolute Gasteiger partial charge is 0.115 e. The molecule has 2 aromatic rings. The van der Waals surface area contributed by atoms with Gasteiger partial charge in [-0.15, -0.1) is 0 Å². The van der Waals surface area contributed by atoms with Crippen LogP contribution in [0.25, 0.3) is 0 Å². The number of hydrogen-bond donors (Lipinski definition) is 2. The molecule has 0 radical (unpaired) electrons. The quantitative estimate of drug-likeness (QED) is 0.761. The van der Waals surface area contributed by atoms with Crippen LogP contribution in [0, 0.1) is 0 Å². The summed E-state index contributed by atoms with van der Waals surface area (Å²) in [7, 11) is 1.71. The molecule has 3 heteroatoms. The van der Waals surface area contributed by atoms with Gasteiger partial charge in [0.25, 0.3) is 0 Å². The fourth-order valence-electron chi connectivity index (χ4n) is 2.05. The molecule has 106 valence electrons. The molecule has 0 aliphatic carbocycles. The normalized spacial score (nSPS) is 10.7. The molecule has 2 N–H and O–H groups in total. The lowest BCUT2D eigenvalue weighted by Gasteiger charge is -2.06. The van der Waals surface area contributed by atoms with Crippen LogP contribution < -0.4 is 5.32 Å². The van der Waals surface area contributed by atoms with Crippen LogP contribution in [-0.2, 0) is 24.3 Å². The summed E-state index contributed by atoms with van der Waals surface area (Å²) < 4.78 is 5.09. The third-order valence-electron chi connectivity index (χ3n) is 3.19. The number of phenolic OH excluding ortho intramolecular Hbond substituents is 1. The summed E-state index contributed by atoms with van der Waals surface area (Å²) in [5.41, 5.74) is 3.70. The first-order valence-corrected chi connectivity index (χ1v) is 6.83. The van der Waals surface area contributed by atoms with Crippen molar-refractivity contribution in [1.82, 2.24) is 5.32 Å². The molecule has 20 heavy (non-hydrogen) atoms. The Labute approximate surface area is 120 Å². The van der Waals surface area contributed by atoms with E-state index in [0.29, 0.717) is 12.4 Å². The van der Waals surface area contributed by atoms with Crippen LogP contribution in [0.15, 0.2) is 48.5 Å². The molecule has 0 heterocycles. The van der Waals surface area contributed by atoms with Crippen LogP contribution in [0.4, 0.5) is 0 Å². The van der Waals surface area contributed by atoms with E-state index in [4.69, 9.17) is 4.74 Å². The van der Waals surface area contributed by atoms with Gasteiger partial charge in [0, 0.05) is 13.7 Å². The maximum atomic E-state index is 9.21. The van der Waals surface area contributed by atoms with Crippen LogP contribution in [0.5, 0.6) is 5.75 Å². The van der Waals surface area contributed by atoms with Gasteiger partial charge in [0.2, 0.25) is 0 Å². The van der Waals surface area contributed by atoms with Crippen LogP contribution in [0.1, 0.15) is 16.7 Å². The van der Waals surface area contributed by atoms with E-state index in [1.54, 1.807) is 19.2 Å². The van der Waals surface area contributed by atoms with E-state index in [1.165, 1.54) is 16.7 Å². The molecule has 0 atom stereocenters. The largest absolute Gasteiger partial charge is 0.508 e. The van der Waals surface area contributed by atoms with Crippen molar-refractivity contribution >= 4 is 0 Å². The second kappa shape index (κ2) is 7.68. The maximum Gasteiger partial charge on any atom is 0.115 e. The Morgan fingerprint density at radius 1 is 0.900 bits per heavy atom. The number of phenols is 1. The van der Waals surface area contributed by atoms with Crippen molar-refractivity contribution in [2.75, 3.05) is 13.7 Å². The minimum Gasteiger partial charge on any atom is -0.508 e. The molecule has 0 amide bonds. The standard InChI is InChI=1S/C17H21NO2/c1-20-13-16-4-2-15(3-5-16)12-18-11-10-14-6-8-17(19)9-7-14/h2-9,18-19H,10-13H2,1H3. The van der Waals surface area contributed by atoms with Gasteiger partial charge in [-0.3, -0.25) is 0 Å². The zero-order chi connectivity index (χ0) is 14.2. The van der Waals surface area contributed by atoms with Crippen molar-refractivity contribution in [2.45, 2.75) is 19.6 Å². The number of aromatic hydroxyl groups is 1. The first-order chi connectivity index (χ1) is 9.78. The van der Waals surface area contributed by atoms with Crippen LogP contribution in [0.2, 0.25) is 0 Å². The Balaban J connectivity index is 1.71. The van der Waals surface area contributed by atoms with Crippen molar-refractivity contribution in [3.05, 3.63) is 65.2 Å². The van der Waals surface area contributed by atoms with E-state index in [1.807, 2.05) is 12.1 Å². The topological polar surface area (TPSA) is 41.5 Å². The molecule has 2 aromatic carbocycles. The second-order valence-corrected chi connectivity index (χ2v) is 4.84. The summed E-state index contributed by atoms with van der Waals surface area (Å²) in [5.74, 6) is 0.317. The molecule has 0 spiro atoms. The lowest BCUT2D eigenvalue weighted by molar-refractivity contribution is 0.185. The average molecular weight is 271 g/mol. The van der Waals surface area contributed by atoms with Gasteiger partial charge in [0.05, 0.1) is 6.61 Å². The van der Waals surface area contributed by atoms with E-state index in [0.717, 1.165) is 19.5 Å². The van der Waals surface area contributed by atoms with Gasteiger partial charge in [-0.2, -0.15) is 0 Å². The number of nitrogens with one attached hydrogen (secondary N) is 1. The first kappa shape index (κ1) is 14.6. The summed E-state index contributed by atoms with van der Waals surface area (Å²) >= 11 is 0. The molecule has 0 saturated heterocycles. The molecule has 0 unspecified atom stereocenters. The minimum atomic E-state index is 0.317. The van der Waals surface area contributed by atoms with Crippen molar-refractivity contribution in [3.8, 4) is 5.75 Å². The molecule has 0 aliphatic heterocycles. The van der Waals surface area contributed by atoms with Gasteiger partial charge in [0.1, 0.15) is 5.75 Å². The zero-order valence-electron chi connectivity index (χ0n) is 11.8. The third-order valence-corrected chi connectivity index (χ3v) is 3.19. The van der Waals surface area contributed by atoms with Gasteiger partial charge < -0.3 is 15.2 Å². The molecule has 3 nitrogen and oxygen atoms in total. The first-order valence-electron chi connectivity index (χ1n) is 6.83. The lowest BCUT2D eigenvalue weighted by atomic mass is 10.1. The molecule has 0 saturated carbocycles. The summed E-state index contributed by atoms with van der Waals surface area (Å²) in [6, 6.07) is 15.8. The van der Waals surface area contributed by atoms with E-state index in [9.17, 15) is 5.11 Å². The number of hydrogen-bond acceptors (Lipinski definition) is 3. The molecule has 0 aromatic heterocycles. The predicted molar refractivity (Wildman–Crippen MR) is 80.7 cm³/mol. The molecular formula is C17H21NO2. The van der Waals surface area contributed by atoms with Crippen molar-refractivity contribution in [3.63, 3.8) is 0 Å². The Kier molecular flexibility index (Phi) is 5.59. The van der Waals surface area contributed by atoms with Crippen LogP contribution in [-0.4, -0.2) is 18.8 Å². The molecule has 0 aliphatic rings. The van der Waals surface area contributed by atoms with E-state index >= 15 is 0 Å². The summed E-state index contributed by atoms with van der Waals surface area (Å²) in [6.07, 6.45) is 0.960. The fourth-order valence-corrected chi connectivity index (χ4v) is 2.05. The molecule has 0 bridgehead atoms. The monoisotopic (exact) mass is 271 g/mol. The van der Waals surface area contributed by atoms with Crippen molar-refractivity contribution < 1.29 is 9.84 Å². The SMILES string of the molecule is COCc1ccc(CNCCc2ccc(O)cc2)cc1. The fraction of sp³-hybridized carbons (Fsp3) is 0.294. The maximum absolute atomic E-state index is 9.21. The highest BCUT2D eigenvalue weighted by Gasteiger charge is 1.96. The third kappa shape index (κ3) is 4.68. The number of rotatable bonds is 7. The summed E-state index contributed by atoms with van der Waals surface area (Å²) in [4.78, 5) is 0. The minimum absolute atomic E-state index is 0.317. The van der Waals surface area contributed by atoms with Gasteiger partial charge in [-0.1, -0.05) is 36.4 Å². The Bertz CT molecular complexity index is 506. The van der Waals surface area contributed by atoms with E-state index in [-0.39, 0.29) is 0 Å². The highest BCUT2D eigenvalue weighted by atomic mass is 16.5. The number of benzene rings is 2. The second-order valence-electron chi connectivity index (χ2n) is 4.84. The van der Waals surface area contributed by atoms with Gasteiger partial charge in [0.15, 0.2) is 0 Å². The van der Waals surface area contributed by atoms with Crippen LogP contribution >= 0.6 is 0 Å². The molecule has 0 fully saturated rings. The van der Waals surface area contributed by atoms with Gasteiger partial charge in [-0.05, 0) is 41.8 Å². The number of ether oxygens (including phenoxy) is 1. The summed E-state index contributed by atoms with van der Waals surface area (Å²) in [6.45, 7) is 2.45. The predicted octanol–water partition coefficient (Wildman–Crippen LogP) is 2.87. The number of methoxy groups -OCH3 is 1. The zero-order valence-corrected chi connectivity index (χ0v) is 11.8. The highest BCUT2D eigenvalue weighted by molar-refractivity contribution is 5.26. The Morgan fingerprint density at radius 2 is 1.50 bits per heavy atom. The highest BCUT2D eigenvalue weighted by Crippen LogP contribution is 2.10. The van der Waals surface area contributed by atoms with Gasteiger partial charge in [-0.25, -0.2) is 0 Å². The average Bonchev–Trinajstić information content (AvgIpc) is 2.47. The van der Waals surface area contributed by atoms with Gasteiger partial charge >= 0.3 is 0 Å². The van der Waals surface area contributed by atoms with Crippen LogP contribution in [0.3, 0.4) is 0 Å². The van der Waals surface area contributed by atoms with Crippen molar-refractivity contribution in [2.24, 2.45) is 0 Å². The Hall–Kier alpha value is -1.84. The van der Waals surface area contributed by atoms with E-state index in [2.05, 4.69) is 29.6 Å². The van der Waals surface area contributed by atoms with Crippen molar-refractivity contribution in [1.29, 1.82) is 0 Å². The van der Waals surface area contributed by atoms with E-state index < -0.39 is 0 Å². The summed E-state index contributed by atoms with van der Waals surface area (Å²) in [5, 5.41) is 12.6. The molecular weight excluding hydrogens is 250 g/mol.